The number of nitrogens with zero attached hydrogens (tertiary/aromatic N) is 1. The number of esters is 1. The Kier molecular flexibility index (Phi) is 6.72. The van der Waals surface area contributed by atoms with Gasteiger partial charge in [0.15, 0.2) is 0 Å². The highest BCUT2D eigenvalue weighted by atomic mass is 16.5. The number of imidazole rings is 1. The van der Waals surface area contributed by atoms with Crippen molar-refractivity contribution in [3.8, 4) is 0 Å². The topological polar surface area (TPSA) is 133 Å². The van der Waals surface area contributed by atoms with Gasteiger partial charge in [0.25, 0.3) is 0 Å². The molecule has 4 N–H and O–H groups in total. The van der Waals surface area contributed by atoms with Crippen LogP contribution in [0.15, 0.2) is 12.5 Å². The minimum atomic E-state index is -1.16. The molecule has 0 aliphatic rings. The molecule has 0 spiro atoms. The standard InChI is InChI=1S/C12H18N4O5/c1-2-21-10(17)3-4-14-12(20)16-9(11(18)19)5-8-6-13-7-15-8/h6-7,9H,2-5H2,1H3,(H,13,15)(H,18,19)(H2,14,16,20)/t9-/m0/s1. The lowest BCUT2D eigenvalue weighted by Gasteiger charge is -2.14. The maximum absolute atomic E-state index is 11.6. The summed E-state index contributed by atoms with van der Waals surface area (Å²) in [7, 11) is 0. The summed E-state index contributed by atoms with van der Waals surface area (Å²) in [6, 6.07) is -1.75. The molecule has 0 saturated carbocycles. The number of carboxylic acid groups (broad SMARTS) is 1. The third-order valence-electron chi connectivity index (χ3n) is 2.50. The highest BCUT2D eigenvalue weighted by Gasteiger charge is 2.20. The number of aromatic amines is 1. The zero-order valence-electron chi connectivity index (χ0n) is 11.6. The van der Waals surface area contributed by atoms with E-state index >= 15 is 0 Å². The number of nitrogens with one attached hydrogen (secondary N) is 3. The average molecular weight is 298 g/mol. The van der Waals surface area contributed by atoms with Crippen LogP contribution in [0.4, 0.5) is 4.79 Å². The van der Waals surface area contributed by atoms with Gasteiger partial charge in [-0.1, -0.05) is 0 Å². The summed E-state index contributed by atoms with van der Waals surface area (Å²) in [4.78, 5) is 40.2. The van der Waals surface area contributed by atoms with Gasteiger partial charge in [-0.3, -0.25) is 4.79 Å². The molecular formula is C12H18N4O5. The van der Waals surface area contributed by atoms with Crippen molar-refractivity contribution < 1.29 is 24.2 Å². The van der Waals surface area contributed by atoms with E-state index in [1.54, 1.807) is 6.92 Å². The molecule has 0 aliphatic heterocycles. The van der Waals surface area contributed by atoms with Crippen molar-refractivity contribution >= 4 is 18.0 Å². The van der Waals surface area contributed by atoms with Crippen LogP contribution in [0.25, 0.3) is 0 Å². The van der Waals surface area contributed by atoms with Gasteiger partial charge in [-0.15, -0.1) is 0 Å². The first kappa shape index (κ1) is 16.5. The second kappa shape index (κ2) is 8.56. The fourth-order valence-corrected chi connectivity index (χ4v) is 1.54. The van der Waals surface area contributed by atoms with Crippen LogP contribution in [0.3, 0.4) is 0 Å². The number of aliphatic carboxylic acids is 1. The fraction of sp³-hybridized carbons (Fsp3) is 0.500. The fourth-order valence-electron chi connectivity index (χ4n) is 1.54. The zero-order valence-corrected chi connectivity index (χ0v) is 11.6. The van der Waals surface area contributed by atoms with E-state index in [0.717, 1.165) is 0 Å². The number of carbonyl (C=O) groups is 3. The number of rotatable bonds is 8. The van der Waals surface area contributed by atoms with Crippen LogP contribution in [-0.2, 0) is 20.7 Å². The summed E-state index contributed by atoms with van der Waals surface area (Å²) >= 11 is 0. The second-order valence-electron chi connectivity index (χ2n) is 4.13. The van der Waals surface area contributed by atoms with Crippen LogP contribution in [-0.4, -0.2) is 52.2 Å². The lowest BCUT2D eigenvalue weighted by Crippen LogP contribution is -2.47. The van der Waals surface area contributed by atoms with Crippen LogP contribution in [0.2, 0.25) is 0 Å². The predicted octanol–water partition coefficient (Wildman–Crippen LogP) is -0.342. The molecule has 1 atom stereocenters. The molecule has 1 aromatic rings. The molecule has 9 nitrogen and oxygen atoms in total. The molecule has 0 bridgehead atoms. The van der Waals surface area contributed by atoms with E-state index in [1.807, 2.05) is 0 Å². The van der Waals surface area contributed by atoms with Gasteiger partial charge in [-0.25, -0.2) is 14.6 Å². The van der Waals surface area contributed by atoms with E-state index < -0.39 is 24.0 Å². The summed E-state index contributed by atoms with van der Waals surface area (Å²) in [5.41, 5.74) is 0.592. The van der Waals surface area contributed by atoms with Crippen molar-refractivity contribution in [2.24, 2.45) is 0 Å². The summed E-state index contributed by atoms with van der Waals surface area (Å²) in [6.07, 6.45) is 3.02. The maximum Gasteiger partial charge on any atom is 0.326 e. The number of carboxylic acids is 1. The van der Waals surface area contributed by atoms with Crippen molar-refractivity contribution in [2.75, 3.05) is 13.2 Å². The molecule has 0 unspecified atom stereocenters. The third kappa shape index (κ3) is 6.41. The Morgan fingerprint density at radius 2 is 2.24 bits per heavy atom. The van der Waals surface area contributed by atoms with Crippen LogP contribution in [0.5, 0.6) is 0 Å². The Morgan fingerprint density at radius 1 is 1.48 bits per heavy atom. The van der Waals surface area contributed by atoms with Crippen molar-refractivity contribution in [3.05, 3.63) is 18.2 Å². The van der Waals surface area contributed by atoms with E-state index in [9.17, 15) is 14.4 Å². The summed E-state index contributed by atoms with van der Waals surface area (Å²) < 4.78 is 4.70. The number of carbonyl (C=O) groups excluding carboxylic acids is 2. The predicted molar refractivity (Wildman–Crippen MR) is 71.5 cm³/mol. The van der Waals surface area contributed by atoms with E-state index in [1.165, 1.54) is 12.5 Å². The van der Waals surface area contributed by atoms with Gasteiger partial charge >= 0.3 is 18.0 Å². The number of amides is 2. The number of H-pyrrole nitrogens is 1. The van der Waals surface area contributed by atoms with Crippen molar-refractivity contribution in [3.63, 3.8) is 0 Å². The van der Waals surface area contributed by atoms with Crippen molar-refractivity contribution in [1.82, 2.24) is 20.6 Å². The SMILES string of the molecule is CCOC(=O)CCNC(=O)N[C@@H](Cc1cnc[nH]1)C(=O)O. The first-order valence-corrected chi connectivity index (χ1v) is 6.43. The van der Waals surface area contributed by atoms with Gasteiger partial charge in [0.1, 0.15) is 6.04 Å². The lowest BCUT2D eigenvalue weighted by atomic mass is 10.2. The van der Waals surface area contributed by atoms with Gasteiger partial charge in [-0.05, 0) is 6.92 Å². The molecule has 9 heteroatoms. The van der Waals surface area contributed by atoms with Gasteiger partial charge in [0, 0.05) is 24.9 Å². The van der Waals surface area contributed by atoms with Crippen LogP contribution in [0.1, 0.15) is 19.0 Å². The minimum absolute atomic E-state index is 0.0273. The van der Waals surface area contributed by atoms with E-state index in [2.05, 4.69) is 20.6 Å². The quantitative estimate of drug-likeness (QED) is 0.485. The van der Waals surface area contributed by atoms with Gasteiger partial charge < -0.3 is 25.5 Å². The summed E-state index contributed by atoms with van der Waals surface area (Å²) in [6.45, 7) is 2.03. The Labute approximate surface area is 121 Å². The number of aromatic nitrogens is 2. The highest BCUT2D eigenvalue weighted by Crippen LogP contribution is 1.98. The summed E-state index contributed by atoms with van der Waals surface area (Å²) in [5.74, 6) is -1.59. The van der Waals surface area contributed by atoms with Crippen LogP contribution < -0.4 is 10.6 Å². The second-order valence-corrected chi connectivity index (χ2v) is 4.13. The molecule has 0 fully saturated rings. The average Bonchev–Trinajstić information content (AvgIpc) is 2.91. The Balaban J connectivity index is 2.35. The molecule has 0 radical (unpaired) electrons. The molecule has 0 aliphatic carbocycles. The molecule has 1 rings (SSSR count). The van der Waals surface area contributed by atoms with E-state index in [-0.39, 0.29) is 26.0 Å². The van der Waals surface area contributed by atoms with E-state index in [0.29, 0.717) is 5.69 Å². The molecule has 1 aromatic heterocycles. The summed E-state index contributed by atoms with van der Waals surface area (Å²) in [5, 5.41) is 13.8. The van der Waals surface area contributed by atoms with Crippen LogP contribution >= 0.6 is 0 Å². The molecule has 0 aromatic carbocycles. The number of urea groups is 1. The highest BCUT2D eigenvalue weighted by molar-refractivity contribution is 5.83. The molecule has 21 heavy (non-hydrogen) atoms. The Hall–Kier alpha value is -2.58. The molecule has 0 saturated heterocycles. The smallest absolute Gasteiger partial charge is 0.326 e. The molecular weight excluding hydrogens is 280 g/mol. The largest absolute Gasteiger partial charge is 0.480 e. The van der Waals surface area contributed by atoms with Crippen LogP contribution in [0, 0.1) is 0 Å². The van der Waals surface area contributed by atoms with Crippen molar-refractivity contribution in [2.45, 2.75) is 25.8 Å². The minimum Gasteiger partial charge on any atom is -0.480 e. The monoisotopic (exact) mass is 298 g/mol. The Bertz CT molecular complexity index is 474. The Morgan fingerprint density at radius 3 is 2.81 bits per heavy atom. The lowest BCUT2D eigenvalue weighted by molar-refractivity contribution is -0.143. The first-order valence-electron chi connectivity index (χ1n) is 6.43. The normalized spacial score (nSPS) is 11.5. The molecule has 1 heterocycles. The molecule has 116 valence electrons. The van der Waals surface area contributed by atoms with E-state index in [4.69, 9.17) is 9.84 Å². The first-order chi connectivity index (χ1) is 10.0. The maximum atomic E-state index is 11.6. The van der Waals surface area contributed by atoms with Gasteiger partial charge in [0.2, 0.25) is 0 Å². The molecule has 2 amide bonds. The number of hydrogen-bond donors (Lipinski definition) is 4. The zero-order chi connectivity index (χ0) is 15.7. The van der Waals surface area contributed by atoms with Gasteiger partial charge in [0.05, 0.1) is 19.4 Å². The third-order valence-corrected chi connectivity index (χ3v) is 2.50. The van der Waals surface area contributed by atoms with Gasteiger partial charge in [-0.2, -0.15) is 0 Å². The number of ether oxygens (including phenoxy) is 1. The number of hydrogen-bond acceptors (Lipinski definition) is 5. The van der Waals surface area contributed by atoms with Crippen molar-refractivity contribution in [1.29, 1.82) is 0 Å².